The van der Waals surface area contributed by atoms with E-state index in [2.05, 4.69) is 0 Å². The van der Waals surface area contributed by atoms with Gasteiger partial charge in [0.05, 0.1) is 0 Å². The predicted octanol–water partition coefficient (Wildman–Crippen LogP) is 2.69. The van der Waals surface area contributed by atoms with Gasteiger partial charge >= 0.3 is 0 Å². The van der Waals surface area contributed by atoms with Gasteiger partial charge < -0.3 is 5.11 Å². The van der Waals surface area contributed by atoms with Gasteiger partial charge in [0.15, 0.2) is 0 Å². The van der Waals surface area contributed by atoms with E-state index in [9.17, 15) is 4.79 Å². The van der Waals surface area contributed by atoms with E-state index >= 15 is 0 Å². The number of phenolic OH excluding ortho intramolecular Hbond substituents is 1. The normalized spacial score (nSPS) is 10.6. The summed E-state index contributed by atoms with van der Waals surface area (Å²) < 4.78 is 0. The number of carbonyl (C=O) groups is 1. The molecular weight excluding hydrogens is 196 g/mol. The minimum atomic E-state index is 0.0561. The van der Waals surface area contributed by atoms with E-state index in [-0.39, 0.29) is 10.9 Å². The van der Waals surface area contributed by atoms with Crippen molar-refractivity contribution in [2.24, 2.45) is 0 Å². The fraction of sp³-hybridized carbons (Fsp3) is 0.182. The van der Waals surface area contributed by atoms with Gasteiger partial charge in [0.1, 0.15) is 5.75 Å². The molecule has 0 aliphatic heterocycles. The third-order valence-electron chi connectivity index (χ3n) is 1.59. The average Bonchev–Trinajstić information content (AvgIpc) is 2.17. The van der Waals surface area contributed by atoms with E-state index in [0.29, 0.717) is 0 Å². The van der Waals surface area contributed by atoms with E-state index in [1.807, 2.05) is 6.92 Å². The van der Waals surface area contributed by atoms with Gasteiger partial charge in [0.2, 0.25) is 5.12 Å². The molecule has 0 spiro atoms. The lowest BCUT2D eigenvalue weighted by atomic mass is 10.2. The number of carbonyl (C=O) groups excluding carboxylic acids is 1. The first-order valence-corrected chi connectivity index (χ1v) is 5.35. The molecule has 1 N–H and O–H groups in total. The summed E-state index contributed by atoms with van der Waals surface area (Å²) in [7, 11) is 0. The molecule has 14 heavy (non-hydrogen) atoms. The summed E-state index contributed by atoms with van der Waals surface area (Å²) in [5.41, 5.74) is 0.910. The maximum absolute atomic E-state index is 11.1. The Balaban J connectivity index is 2.60. The molecule has 0 fully saturated rings. The molecule has 0 aliphatic rings. The molecule has 1 aromatic rings. The summed E-state index contributed by atoms with van der Waals surface area (Å²) in [6.07, 6.45) is 3.28. The fourth-order valence-corrected chi connectivity index (χ4v) is 1.39. The van der Waals surface area contributed by atoms with E-state index in [1.54, 1.807) is 36.4 Å². The van der Waals surface area contributed by atoms with Crippen LogP contribution in [0.2, 0.25) is 0 Å². The van der Waals surface area contributed by atoms with Crippen LogP contribution in [-0.4, -0.2) is 16.0 Å². The average molecular weight is 208 g/mol. The molecule has 0 radical (unpaired) electrons. The fourth-order valence-electron chi connectivity index (χ4n) is 0.940. The van der Waals surface area contributed by atoms with Crippen LogP contribution in [0.5, 0.6) is 5.75 Å². The number of aromatic hydroxyl groups is 1. The molecule has 1 aromatic carbocycles. The van der Waals surface area contributed by atoms with Gasteiger partial charge in [0.25, 0.3) is 0 Å². The van der Waals surface area contributed by atoms with E-state index < -0.39 is 0 Å². The van der Waals surface area contributed by atoms with Gasteiger partial charge in [-0.1, -0.05) is 36.9 Å². The Kier molecular flexibility index (Phi) is 4.26. The highest BCUT2D eigenvalue weighted by Gasteiger charge is 1.94. The third kappa shape index (κ3) is 3.66. The van der Waals surface area contributed by atoms with Crippen LogP contribution in [0.3, 0.4) is 0 Å². The second kappa shape index (κ2) is 5.50. The molecule has 0 aromatic heterocycles. The highest BCUT2D eigenvalue weighted by atomic mass is 32.2. The summed E-state index contributed by atoms with van der Waals surface area (Å²) in [5.74, 6) is 1.02. The van der Waals surface area contributed by atoms with Crippen molar-refractivity contribution in [3.8, 4) is 5.75 Å². The number of hydrogen-bond acceptors (Lipinski definition) is 3. The molecule has 74 valence electrons. The molecule has 0 bridgehead atoms. The minimum absolute atomic E-state index is 0.0561. The predicted molar refractivity (Wildman–Crippen MR) is 60.3 cm³/mol. The molecule has 2 nitrogen and oxygen atoms in total. The van der Waals surface area contributed by atoms with Crippen molar-refractivity contribution in [2.75, 3.05) is 5.75 Å². The largest absolute Gasteiger partial charge is 0.508 e. The van der Waals surface area contributed by atoms with Crippen LogP contribution in [0.25, 0.3) is 6.08 Å². The highest BCUT2D eigenvalue weighted by molar-refractivity contribution is 8.14. The van der Waals surface area contributed by atoms with Crippen molar-refractivity contribution in [3.05, 3.63) is 35.9 Å². The summed E-state index contributed by atoms with van der Waals surface area (Å²) in [5, 5.41) is 9.08. The maximum atomic E-state index is 11.1. The Hall–Kier alpha value is -1.22. The number of hydrogen-bond donors (Lipinski definition) is 1. The smallest absolute Gasteiger partial charge is 0.212 e. The number of rotatable bonds is 3. The quantitative estimate of drug-likeness (QED) is 0.776. The van der Waals surface area contributed by atoms with Gasteiger partial charge in [0, 0.05) is 0 Å². The zero-order chi connectivity index (χ0) is 10.4. The topological polar surface area (TPSA) is 37.3 Å². The zero-order valence-electron chi connectivity index (χ0n) is 7.93. The van der Waals surface area contributed by atoms with E-state index in [1.165, 1.54) is 11.8 Å². The highest BCUT2D eigenvalue weighted by Crippen LogP contribution is 2.11. The Morgan fingerprint density at radius 3 is 2.64 bits per heavy atom. The van der Waals surface area contributed by atoms with Crippen LogP contribution < -0.4 is 0 Å². The first-order valence-electron chi connectivity index (χ1n) is 4.36. The summed E-state index contributed by atoms with van der Waals surface area (Å²) in [6, 6.07) is 6.71. The van der Waals surface area contributed by atoms with Crippen molar-refractivity contribution in [2.45, 2.75) is 6.92 Å². The van der Waals surface area contributed by atoms with Crippen LogP contribution in [0.4, 0.5) is 0 Å². The van der Waals surface area contributed by atoms with Gasteiger partial charge in [-0.2, -0.15) is 0 Å². The molecule has 1 rings (SSSR count). The van der Waals surface area contributed by atoms with Gasteiger partial charge in [-0.05, 0) is 29.5 Å². The number of phenols is 1. The van der Waals surface area contributed by atoms with Crippen molar-refractivity contribution in [3.63, 3.8) is 0 Å². The number of benzene rings is 1. The second-order valence-corrected chi connectivity index (χ2v) is 3.95. The lowest BCUT2D eigenvalue weighted by molar-refractivity contribution is -0.106. The molecule has 0 unspecified atom stereocenters. The Morgan fingerprint density at radius 2 is 2.07 bits per heavy atom. The third-order valence-corrected chi connectivity index (χ3v) is 2.30. The Morgan fingerprint density at radius 1 is 1.43 bits per heavy atom. The van der Waals surface area contributed by atoms with Crippen molar-refractivity contribution >= 4 is 23.0 Å². The van der Waals surface area contributed by atoms with Crippen LogP contribution in [0.1, 0.15) is 12.5 Å². The van der Waals surface area contributed by atoms with Crippen LogP contribution in [-0.2, 0) is 4.79 Å². The van der Waals surface area contributed by atoms with Crippen LogP contribution >= 0.6 is 11.8 Å². The molecule has 0 saturated carbocycles. The number of thioether (sulfide) groups is 1. The molecule has 0 heterocycles. The minimum Gasteiger partial charge on any atom is -0.508 e. The second-order valence-electron chi connectivity index (χ2n) is 2.68. The maximum Gasteiger partial charge on any atom is 0.212 e. The standard InChI is InChI=1S/C11H12O2S/c1-2-14-11(13)8-5-9-3-6-10(12)7-4-9/h3-8,12H,2H2,1H3/b8-5+. The summed E-state index contributed by atoms with van der Waals surface area (Å²) in [6.45, 7) is 1.94. The molecular formula is C11H12O2S. The first kappa shape index (κ1) is 10.9. The Labute approximate surface area is 87.6 Å². The van der Waals surface area contributed by atoms with Gasteiger partial charge in [-0.3, -0.25) is 4.79 Å². The molecule has 0 aliphatic carbocycles. The monoisotopic (exact) mass is 208 g/mol. The van der Waals surface area contributed by atoms with Crippen molar-refractivity contribution in [1.29, 1.82) is 0 Å². The Bertz CT molecular complexity index is 328. The lowest BCUT2D eigenvalue weighted by Gasteiger charge is -1.93. The van der Waals surface area contributed by atoms with E-state index in [4.69, 9.17) is 5.11 Å². The van der Waals surface area contributed by atoms with Gasteiger partial charge in [-0.25, -0.2) is 0 Å². The van der Waals surface area contributed by atoms with Crippen LogP contribution in [0, 0.1) is 0 Å². The molecule has 0 saturated heterocycles. The van der Waals surface area contributed by atoms with Gasteiger partial charge in [-0.15, -0.1) is 0 Å². The van der Waals surface area contributed by atoms with Crippen molar-refractivity contribution in [1.82, 2.24) is 0 Å². The molecule has 3 heteroatoms. The van der Waals surface area contributed by atoms with Crippen molar-refractivity contribution < 1.29 is 9.90 Å². The zero-order valence-corrected chi connectivity index (χ0v) is 8.75. The summed E-state index contributed by atoms with van der Waals surface area (Å²) in [4.78, 5) is 11.1. The molecule has 0 atom stereocenters. The lowest BCUT2D eigenvalue weighted by Crippen LogP contribution is -1.84. The SMILES string of the molecule is CCSC(=O)/C=C/c1ccc(O)cc1. The first-order chi connectivity index (χ1) is 6.72. The van der Waals surface area contributed by atoms with Crippen LogP contribution in [0.15, 0.2) is 30.3 Å². The van der Waals surface area contributed by atoms with E-state index in [0.717, 1.165) is 11.3 Å². The summed E-state index contributed by atoms with van der Waals surface area (Å²) >= 11 is 1.28. The molecule has 0 amide bonds.